The Morgan fingerprint density at radius 2 is 1.67 bits per heavy atom. The minimum atomic E-state index is -0.480. The van der Waals surface area contributed by atoms with Gasteiger partial charge in [0.05, 0.1) is 22.4 Å². The number of hydrogen-bond acceptors (Lipinski definition) is 8. The van der Waals surface area contributed by atoms with Crippen LogP contribution in [0.1, 0.15) is 29.8 Å². The molecule has 1 unspecified atom stereocenters. The molecular weight excluding hydrogens is 625 g/mol. The smallest absolute Gasteiger partial charge is 0.272 e. The summed E-state index contributed by atoms with van der Waals surface area (Å²) in [6.07, 6.45) is 1.61. The number of rotatable bonds is 12. The zero-order valence-electron chi connectivity index (χ0n) is 24.5. The van der Waals surface area contributed by atoms with Crippen LogP contribution in [0.3, 0.4) is 0 Å². The lowest BCUT2D eigenvalue weighted by molar-refractivity contribution is -0.115. The van der Waals surface area contributed by atoms with Crippen LogP contribution in [0.15, 0.2) is 112 Å². The van der Waals surface area contributed by atoms with E-state index in [1.807, 2.05) is 67.1 Å². The van der Waals surface area contributed by atoms with Crippen LogP contribution in [0, 0.1) is 0 Å². The molecule has 0 bridgehead atoms. The molecule has 0 aliphatic heterocycles. The quantitative estimate of drug-likeness (QED) is 0.0936. The summed E-state index contributed by atoms with van der Waals surface area (Å²) in [5.74, 6) is -0.318. The van der Waals surface area contributed by atoms with E-state index in [-0.39, 0.29) is 16.9 Å². The molecule has 0 saturated heterocycles. The van der Waals surface area contributed by atoms with Gasteiger partial charge in [-0.05, 0) is 85.5 Å². The number of benzene rings is 3. The van der Waals surface area contributed by atoms with Gasteiger partial charge < -0.3 is 20.7 Å². The maximum atomic E-state index is 13.4. The topological polar surface area (TPSA) is 109 Å². The van der Waals surface area contributed by atoms with Crippen molar-refractivity contribution in [1.29, 1.82) is 0 Å². The second-order valence-electron chi connectivity index (χ2n) is 9.62. The van der Waals surface area contributed by atoms with Crippen molar-refractivity contribution in [2.24, 2.45) is 0 Å². The average molecular weight is 655 g/mol. The Morgan fingerprint density at radius 1 is 0.911 bits per heavy atom. The van der Waals surface area contributed by atoms with Gasteiger partial charge in [-0.25, -0.2) is 4.98 Å². The van der Waals surface area contributed by atoms with Crippen LogP contribution in [0.4, 0.5) is 10.8 Å². The number of carbonyl (C=O) groups excluding carboxylic acids is 3. The summed E-state index contributed by atoms with van der Waals surface area (Å²) in [7, 11) is 0. The maximum Gasteiger partial charge on any atom is 0.272 e. The third kappa shape index (κ3) is 8.91. The standard InChI is InChI=1S/C34H30N4O4S3/c1-3-42-26-15-11-23(12-16-26)20-28(36-32(40)24-8-5-4-6-9-24)33(41)35-25-13-17-27(18-14-25)45-22(2)31(39)38-34-37-29(21-44-34)30-10-7-19-43-30/h4-22H,3H2,1-2H3,(H,35,41)(H,36,40)(H,37,38,39)/b28-20-. The highest BCUT2D eigenvalue weighted by Gasteiger charge is 2.18. The van der Waals surface area contributed by atoms with Crippen molar-refractivity contribution in [2.75, 3.05) is 17.2 Å². The first-order valence-electron chi connectivity index (χ1n) is 14.1. The van der Waals surface area contributed by atoms with Gasteiger partial charge in [-0.3, -0.25) is 14.4 Å². The number of ether oxygens (including phenoxy) is 1. The Bertz CT molecular complexity index is 1770. The molecule has 3 amide bonds. The van der Waals surface area contributed by atoms with E-state index in [1.54, 1.807) is 65.9 Å². The summed E-state index contributed by atoms with van der Waals surface area (Å²) in [4.78, 5) is 45.6. The highest BCUT2D eigenvalue weighted by atomic mass is 32.2. The van der Waals surface area contributed by atoms with Crippen LogP contribution >= 0.6 is 34.4 Å². The number of amides is 3. The Hall–Kier alpha value is -4.71. The van der Waals surface area contributed by atoms with Gasteiger partial charge >= 0.3 is 0 Å². The number of thiophene rings is 1. The maximum absolute atomic E-state index is 13.4. The van der Waals surface area contributed by atoms with Crippen LogP contribution in [0.25, 0.3) is 16.6 Å². The molecule has 2 heterocycles. The molecule has 0 radical (unpaired) electrons. The number of nitrogens with zero attached hydrogens (tertiary/aromatic N) is 1. The van der Waals surface area contributed by atoms with Gasteiger partial charge in [-0.15, -0.1) is 34.4 Å². The number of aromatic nitrogens is 1. The van der Waals surface area contributed by atoms with Crippen molar-refractivity contribution in [3.63, 3.8) is 0 Å². The van der Waals surface area contributed by atoms with E-state index in [2.05, 4.69) is 20.9 Å². The lowest BCUT2D eigenvalue weighted by atomic mass is 10.1. The predicted octanol–water partition coefficient (Wildman–Crippen LogP) is 7.80. The van der Waals surface area contributed by atoms with Gasteiger partial charge in [0.15, 0.2) is 5.13 Å². The van der Waals surface area contributed by atoms with E-state index in [0.29, 0.717) is 28.7 Å². The summed E-state index contributed by atoms with van der Waals surface area (Å²) >= 11 is 4.39. The summed E-state index contributed by atoms with van der Waals surface area (Å²) in [5.41, 5.74) is 2.62. The second-order valence-corrected chi connectivity index (χ2v) is 12.8. The van der Waals surface area contributed by atoms with E-state index in [9.17, 15) is 14.4 Å². The molecule has 228 valence electrons. The number of anilines is 2. The van der Waals surface area contributed by atoms with Crippen LogP contribution < -0.4 is 20.7 Å². The molecule has 11 heteroatoms. The van der Waals surface area contributed by atoms with Gasteiger partial charge in [0.25, 0.3) is 11.8 Å². The Morgan fingerprint density at radius 3 is 2.36 bits per heavy atom. The number of thiazole rings is 1. The molecule has 5 rings (SSSR count). The highest BCUT2D eigenvalue weighted by molar-refractivity contribution is 8.00. The van der Waals surface area contributed by atoms with E-state index < -0.39 is 11.8 Å². The van der Waals surface area contributed by atoms with Crippen molar-refractivity contribution < 1.29 is 19.1 Å². The highest BCUT2D eigenvalue weighted by Crippen LogP contribution is 2.30. The van der Waals surface area contributed by atoms with Crippen molar-refractivity contribution >= 4 is 69.1 Å². The predicted molar refractivity (Wildman–Crippen MR) is 184 cm³/mol. The van der Waals surface area contributed by atoms with Gasteiger partial charge in [-0.2, -0.15) is 0 Å². The van der Waals surface area contributed by atoms with Crippen molar-refractivity contribution in [1.82, 2.24) is 10.3 Å². The van der Waals surface area contributed by atoms with Gasteiger partial charge in [0, 0.05) is 21.5 Å². The van der Waals surface area contributed by atoms with Crippen molar-refractivity contribution in [3.05, 3.63) is 119 Å². The zero-order chi connectivity index (χ0) is 31.6. The average Bonchev–Trinajstić information content (AvgIpc) is 3.76. The molecule has 0 fully saturated rings. The lowest BCUT2D eigenvalue weighted by Gasteiger charge is -2.13. The van der Waals surface area contributed by atoms with Crippen molar-refractivity contribution in [3.8, 4) is 16.3 Å². The first-order chi connectivity index (χ1) is 21.9. The Kier molecular flexibility index (Phi) is 10.8. The Labute approximate surface area is 273 Å². The van der Waals surface area contributed by atoms with Crippen LogP contribution in [-0.2, 0) is 9.59 Å². The SMILES string of the molecule is CCOc1ccc(/C=C(\NC(=O)c2ccccc2)C(=O)Nc2ccc(SC(C)C(=O)Nc3nc(-c4cccs4)cs3)cc2)cc1. The number of hydrogen-bond donors (Lipinski definition) is 3. The van der Waals surface area contributed by atoms with Crippen LogP contribution in [0.2, 0.25) is 0 Å². The molecule has 8 nitrogen and oxygen atoms in total. The molecule has 0 saturated carbocycles. The molecule has 0 spiro atoms. The molecular formula is C34H30N4O4S3. The van der Waals surface area contributed by atoms with Crippen LogP contribution in [0.5, 0.6) is 5.75 Å². The molecule has 5 aromatic rings. The molecule has 3 N–H and O–H groups in total. The lowest BCUT2D eigenvalue weighted by Crippen LogP contribution is -2.30. The number of carbonyl (C=O) groups is 3. The normalized spacial score (nSPS) is 11.8. The summed E-state index contributed by atoms with van der Waals surface area (Å²) in [6, 6.07) is 27.1. The number of nitrogens with one attached hydrogen (secondary N) is 3. The first kappa shape index (κ1) is 31.7. The van der Waals surface area contributed by atoms with Gasteiger partial charge in [0.2, 0.25) is 5.91 Å². The molecule has 0 aliphatic carbocycles. The zero-order valence-corrected chi connectivity index (χ0v) is 26.9. The van der Waals surface area contributed by atoms with Gasteiger partial charge in [-0.1, -0.05) is 36.4 Å². The molecule has 0 aliphatic rings. The first-order valence-corrected chi connectivity index (χ1v) is 16.7. The molecule has 3 aromatic carbocycles. The van der Waals surface area contributed by atoms with Gasteiger partial charge in [0.1, 0.15) is 11.4 Å². The molecule has 2 aromatic heterocycles. The van der Waals surface area contributed by atoms with Crippen LogP contribution in [-0.4, -0.2) is 34.6 Å². The fourth-order valence-corrected chi connectivity index (χ4v) is 6.43. The van der Waals surface area contributed by atoms with Crippen molar-refractivity contribution in [2.45, 2.75) is 24.0 Å². The summed E-state index contributed by atoms with van der Waals surface area (Å²) < 4.78 is 5.51. The largest absolute Gasteiger partial charge is 0.494 e. The fourth-order valence-electron chi connectivity index (χ4n) is 4.08. The summed E-state index contributed by atoms with van der Waals surface area (Å²) in [6.45, 7) is 4.28. The van der Waals surface area contributed by atoms with E-state index >= 15 is 0 Å². The summed E-state index contributed by atoms with van der Waals surface area (Å²) in [5, 5.41) is 12.6. The minimum absolute atomic E-state index is 0.0844. The molecule has 1 atom stereocenters. The van der Waals surface area contributed by atoms with E-state index in [0.717, 1.165) is 21.0 Å². The third-order valence-corrected chi connectivity index (χ3v) is 9.10. The molecule has 45 heavy (non-hydrogen) atoms. The third-order valence-electron chi connectivity index (χ3n) is 6.33. The number of thioether (sulfide) groups is 1. The van der Waals surface area contributed by atoms with E-state index in [1.165, 1.54) is 23.1 Å². The fraction of sp³-hybridized carbons (Fsp3) is 0.118. The monoisotopic (exact) mass is 654 g/mol. The Balaban J connectivity index is 1.22. The van der Waals surface area contributed by atoms with E-state index in [4.69, 9.17) is 4.74 Å². The minimum Gasteiger partial charge on any atom is -0.494 e. The second kappa shape index (κ2) is 15.3.